The third-order valence-corrected chi connectivity index (χ3v) is 5.51. The van der Waals surface area contributed by atoms with Crippen molar-refractivity contribution >= 4 is 41.9 Å². The summed E-state index contributed by atoms with van der Waals surface area (Å²) in [7, 11) is -2.35. The topological polar surface area (TPSA) is 76.9 Å². The Morgan fingerprint density at radius 1 is 1.40 bits per heavy atom. The zero-order valence-corrected chi connectivity index (χ0v) is 14.1. The van der Waals surface area contributed by atoms with Gasteiger partial charge in [-0.2, -0.15) is 0 Å². The van der Waals surface area contributed by atoms with Crippen LogP contribution in [0.25, 0.3) is 0 Å². The fourth-order valence-electron chi connectivity index (χ4n) is 1.53. The molecule has 0 atom stereocenters. The summed E-state index contributed by atoms with van der Waals surface area (Å²) in [6.07, 6.45) is 0. The zero-order valence-electron chi connectivity index (χ0n) is 10.1. The molecule has 1 heterocycles. The Morgan fingerprint density at radius 3 is 2.70 bits per heavy atom. The maximum Gasteiger partial charge on any atom is 0.260 e. The summed E-state index contributed by atoms with van der Waals surface area (Å²) in [5.74, 6) is -0.439. The van der Waals surface area contributed by atoms with Gasteiger partial charge in [0.15, 0.2) is 4.60 Å². The number of sulfonamides is 1. The van der Waals surface area contributed by atoms with Crippen LogP contribution in [0.15, 0.2) is 32.3 Å². The normalized spacial score (nSPS) is 11.8. The van der Waals surface area contributed by atoms with Gasteiger partial charge in [0.2, 0.25) is 5.03 Å². The molecule has 108 valence electrons. The van der Waals surface area contributed by atoms with E-state index in [4.69, 9.17) is 0 Å². The smallest absolute Gasteiger partial charge is 0.235 e. The molecule has 0 bridgehead atoms. The first-order valence-corrected chi connectivity index (χ1v) is 8.37. The van der Waals surface area contributed by atoms with E-state index in [-0.39, 0.29) is 16.2 Å². The van der Waals surface area contributed by atoms with Crippen LogP contribution in [0.4, 0.5) is 4.39 Å². The number of aryl methyl sites for hydroxylation is 1. The highest BCUT2D eigenvalue weighted by Crippen LogP contribution is 2.20. The average molecular weight is 428 g/mol. The number of rotatable bonds is 4. The van der Waals surface area contributed by atoms with Crippen molar-refractivity contribution in [3.63, 3.8) is 0 Å². The zero-order chi connectivity index (χ0) is 14.9. The quantitative estimate of drug-likeness (QED) is 0.808. The Balaban J connectivity index is 2.24. The molecule has 2 aromatic rings. The van der Waals surface area contributed by atoms with E-state index in [0.29, 0.717) is 10.0 Å². The van der Waals surface area contributed by atoms with Gasteiger partial charge in [-0.25, -0.2) is 22.2 Å². The lowest BCUT2D eigenvalue weighted by Crippen LogP contribution is -2.26. The molecule has 0 saturated carbocycles. The molecule has 1 aromatic carbocycles. The molecule has 6 nitrogen and oxygen atoms in total. The molecule has 0 saturated heterocycles. The maximum absolute atomic E-state index is 13.1. The van der Waals surface area contributed by atoms with Gasteiger partial charge in [0, 0.05) is 18.1 Å². The van der Waals surface area contributed by atoms with E-state index < -0.39 is 15.8 Å². The molecule has 0 aliphatic carbocycles. The summed E-state index contributed by atoms with van der Waals surface area (Å²) < 4.78 is 41.7. The second kappa shape index (κ2) is 5.88. The van der Waals surface area contributed by atoms with E-state index in [2.05, 4.69) is 46.9 Å². The van der Waals surface area contributed by atoms with Crippen molar-refractivity contribution in [3.05, 3.63) is 38.7 Å². The molecule has 20 heavy (non-hydrogen) atoms. The van der Waals surface area contributed by atoms with E-state index >= 15 is 0 Å². The van der Waals surface area contributed by atoms with Gasteiger partial charge < -0.3 is 0 Å². The van der Waals surface area contributed by atoms with Crippen LogP contribution in [-0.2, 0) is 23.6 Å². The largest absolute Gasteiger partial charge is 0.260 e. The molecule has 0 fully saturated rings. The van der Waals surface area contributed by atoms with Gasteiger partial charge in [0.05, 0.1) is 0 Å². The Labute approximate surface area is 131 Å². The first-order valence-electron chi connectivity index (χ1n) is 5.30. The minimum atomic E-state index is -3.81. The van der Waals surface area contributed by atoms with E-state index in [9.17, 15) is 12.8 Å². The lowest BCUT2D eigenvalue weighted by molar-refractivity contribution is 0.559. The van der Waals surface area contributed by atoms with Crippen molar-refractivity contribution in [2.75, 3.05) is 0 Å². The summed E-state index contributed by atoms with van der Waals surface area (Å²) in [4.78, 5) is 0. The van der Waals surface area contributed by atoms with Crippen molar-refractivity contribution in [3.8, 4) is 0 Å². The van der Waals surface area contributed by atoms with Gasteiger partial charge in [-0.15, -0.1) is 5.10 Å². The molecule has 0 aliphatic rings. The lowest BCUT2D eigenvalue weighted by atomic mass is 10.2. The van der Waals surface area contributed by atoms with Crippen molar-refractivity contribution in [2.24, 2.45) is 7.05 Å². The van der Waals surface area contributed by atoms with E-state index in [1.807, 2.05) is 0 Å². The molecule has 10 heteroatoms. The van der Waals surface area contributed by atoms with Gasteiger partial charge in [0.1, 0.15) is 5.82 Å². The number of hydrogen-bond donors (Lipinski definition) is 1. The standard InChI is InChI=1S/C10H9Br2FN4O2S/c1-17-10(9(12)15-16-17)20(18,19)14-5-6-4-7(13)2-3-8(6)11/h2-4,14H,5H2,1H3. The third kappa shape index (κ3) is 3.25. The molecular weight excluding hydrogens is 419 g/mol. The maximum atomic E-state index is 13.1. The van der Waals surface area contributed by atoms with Crippen LogP contribution in [0.1, 0.15) is 5.56 Å². The van der Waals surface area contributed by atoms with Gasteiger partial charge >= 0.3 is 0 Å². The van der Waals surface area contributed by atoms with E-state index in [0.717, 1.165) is 4.68 Å². The summed E-state index contributed by atoms with van der Waals surface area (Å²) in [6.45, 7) is -0.0572. The van der Waals surface area contributed by atoms with Crippen molar-refractivity contribution in [1.29, 1.82) is 0 Å². The summed E-state index contributed by atoms with van der Waals surface area (Å²) in [6, 6.07) is 4.05. The van der Waals surface area contributed by atoms with Crippen LogP contribution in [0.3, 0.4) is 0 Å². The van der Waals surface area contributed by atoms with E-state index in [1.54, 1.807) is 0 Å². The second-order valence-corrected chi connectivity index (χ2v) is 7.16. The second-order valence-electron chi connectivity index (χ2n) is 3.87. The highest BCUT2D eigenvalue weighted by Gasteiger charge is 2.23. The Hall–Kier alpha value is -0.840. The average Bonchev–Trinajstić information content (AvgIpc) is 2.71. The fourth-order valence-corrected chi connectivity index (χ4v) is 4.01. The van der Waals surface area contributed by atoms with Crippen LogP contribution in [-0.4, -0.2) is 23.4 Å². The van der Waals surface area contributed by atoms with Crippen molar-refractivity contribution < 1.29 is 12.8 Å². The number of halogens is 3. The van der Waals surface area contributed by atoms with Crippen LogP contribution in [0.5, 0.6) is 0 Å². The summed E-state index contributed by atoms with van der Waals surface area (Å²) in [5, 5.41) is 7.12. The van der Waals surface area contributed by atoms with Gasteiger partial charge in [-0.05, 0) is 39.7 Å². The Bertz CT molecular complexity index is 728. The predicted octanol–water partition coefficient (Wildman–Crippen LogP) is 1.96. The number of nitrogens with one attached hydrogen (secondary N) is 1. The minimum absolute atomic E-state index is 0.0572. The Morgan fingerprint density at radius 2 is 2.10 bits per heavy atom. The monoisotopic (exact) mass is 426 g/mol. The lowest BCUT2D eigenvalue weighted by Gasteiger charge is -2.08. The van der Waals surface area contributed by atoms with Crippen LogP contribution in [0.2, 0.25) is 0 Å². The molecule has 1 aromatic heterocycles. The summed E-state index contributed by atoms with van der Waals surface area (Å²) >= 11 is 6.26. The molecule has 0 aliphatic heterocycles. The first-order chi connectivity index (χ1) is 9.31. The molecule has 0 spiro atoms. The van der Waals surface area contributed by atoms with Gasteiger partial charge in [-0.3, -0.25) is 0 Å². The number of hydrogen-bond acceptors (Lipinski definition) is 4. The van der Waals surface area contributed by atoms with Gasteiger partial charge in [-0.1, -0.05) is 21.1 Å². The highest BCUT2D eigenvalue weighted by molar-refractivity contribution is 9.10. The Kier molecular flexibility index (Phi) is 4.57. The van der Waals surface area contributed by atoms with Crippen molar-refractivity contribution in [1.82, 2.24) is 19.7 Å². The van der Waals surface area contributed by atoms with Crippen LogP contribution in [0, 0.1) is 5.82 Å². The highest BCUT2D eigenvalue weighted by atomic mass is 79.9. The van der Waals surface area contributed by atoms with Gasteiger partial charge in [0.25, 0.3) is 10.0 Å². The van der Waals surface area contributed by atoms with Crippen LogP contribution < -0.4 is 4.72 Å². The minimum Gasteiger partial charge on any atom is -0.235 e. The van der Waals surface area contributed by atoms with Crippen molar-refractivity contribution in [2.45, 2.75) is 11.6 Å². The number of aromatic nitrogens is 3. The molecular formula is C10H9Br2FN4O2S. The van der Waals surface area contributed by atoms with E-state index in [1.165, 1.54) is 25.2 Å². The molecule has 2 rings (SSSR count). The molecule has 0 radical (unpaired) electrons. The third-order valence-electron chi connectivity index (χ3n) is 2.45. The number of benzene rings is 1. The fraction of sp³-hybridized carbons (Fsp3) is 0.200. The first kappa shape index (κ1) is 15.5. The molecule has 0 amide bonds. The number of nitrogens with zero attached hydrogens (tertiary/aromatic N) is 3. The summed E-state index contributed by atoms with van der Waals surface area (Å²) in [5.41, 5.74) is 0.486. The van der Waals surface area contributed by atoms with Crippen LogP contribution >= 0.6 is 31.9 Å². The SMILES string of the molecule is Cn1nnc(Br)c1S(=O)(=O)NCc1cc(F)ccc1Br. The molecule has 0 unspecified atom stereocenters. The predicted molar refractivity (Wildman–Crippen MR) is 76.8 cm³/mol. The molecule has 1 N–H and O–H groups in total.